The fourth-order valence-electron chi connectivity index (χ4n) is 2.62. The van der Waals surface area contributed by atoms with Crippen LogP contribution in [0.4, 0.5) is 11.5 Å². The Morgan fingerprint density at radius 3 is 2.91 bits per heavy atom. The molecule has 1 amide bonds. The Morgan fingerprint density at radius 1 is 1.52 bits per heavy atom. The molecule has 2 heterocycles. The zero-order valence-corrected chi connectivity index (χ0v) is 13.6. The summed E-state index contributed by atoms with van der Waals surface area (Å²) in [6.45, 7) is 2.86. The van der Waals surface area contributed by atoms with E-state index in [1.165, 1.54) is 12.3 Å². The Kier molecular flexibility index (Phi) is 5.86. The van der Waals surface area contributed by atoms with Gasteiger partial charge in [-0.1, -0.05) is 0 Å². The number of anilines is 1. The molecule has 2 rings (SSSR count). The Hall–Kier alpha value is -2.22. The van der Waals surface area contributed by atoms with Crippen LogP contribution in [0.2, 0.25) is 0 Å². The summed E-state index contributed by atoms with van der Waals surface area (Å²) in [7, 11) is 3.93. The number of hydrogen-bond acceptors (Lipinski definition) is 6. The lowest BCUT2D eigenvalue weighted by molar-refractivity contribution is -0.385. The molecule has 0 saturated carbocycles. The van der Waals surface area contributed by atoms with Crippen molar-refractivity contribution in [3.05, 3.63) is 28.4 Å². The molecule has 0 aromatic carbocycles. The third-order valence-electron chi connectivity index (χ3n) is 3.92. The lowest BCUT2D eigenvalue weighted by Gasteiger charge is -2.32. The molecule has 1 atom stereocenters. The maximum Gasteiger partial charge on any atom is 0.287 e. The van der Waals surface area contributed by atoms with Crippen molar-refractivity contribution < 1.29 is 9.72 Å². The first-order chi connectivity index (χ1) is 11.0. The van der Waals surface area contributed by atoms with Gasteiger partial charge >= 0.3 is 0 Å². The summed E-state index contributed by atoms with van der Waals surface area (Å²) in [5.74, 6) is 0.683. The zero-order chi connectivity index (χ0) is 16.8. The number of likely N-dealkylation sites (N-methyl/N-ethyl adjacent to an activating group) is 1. The summed E-state index contributed by atoms with van der Waals surface area (Å²) in [5.41, 5.74) is -0.0243. The molecule has 1 saturated heterocycles. The standard InChI is InChI=1S/C15H23N5O3/c1-18(2)9-7-16-15(21)12-4-3-8-19(11-12)14-6-5-13(10-17-14)20(22)23/h5-6,10,12H,3-4,7-9,11H2,1-2H3,(H,16,21)/t12-/m1/s1. The van der Waals surface area contributed by atoms with E-state index in [1.807, 2.05) is 23.9 Å². The Labute approximate surface area is 135 Å². The number of nitrogens with zero attached hydrogens (tertiary/aromatic N) is 4. The minimum atomic E-state index is -0.464. The number of nitro groups is 1. The first-order valence-corrected chi connectivity index (χ1v) is 7.75. The lowest BCUT2D eigenvalue weighted by atomic mass is 9.97. The van der Waals surface area contributed by atoms with E-state index in [9.17, 15) is 14.9 Å². The van der Waals surface area contributed by atoms with Crippen molar-refractivity contribution >= 4 is 17.4 Å². The first-order valence-electron chi connectivity index (χ1n) is 7.75. The number of piperidine rings is 1. The van der Waals surface area contributed by atoms with Crippen molar-refractivity contribution in [2.75, 3.05) is 45.2 Å². The molecule has 1 fully saturated rings. The highest BCUT2D eigenvalue weighted by atomic mass is 16.6. The molecule has 0 unspecified atom stereocenters. The number of nitrogens with one attached hydrogen (secondary N) is 1. The lowest BCUT2D eigenvalue weighted by Crippen LogP contribution is -2.44. The summed E-state index contributed by atoms with van der Waals surface area (Å²) >= 11 is 0. The van der Waals surface area contributed by atoms with Crippen LogP contribution in [0, 0.1) is 16.0 Å². The van der Waals surface area contributed by atoms with Crippen LogP contribution in [0.1, 0.15) is 12.8 Å². The predicted octanol–water partition coefficient (Wildman–Crippen LogP) is 0.884. The predicted molar refractivity (Wildman–Crippen MR) is 87.4 cm³/mol. The van der Waals surface area contributed by atoms with Crippen molar-refractivity contribution in [2.45, 2.75) is 12.8 Å². The van der Waals surface area contributed by atoms with Gasteiger partial charge in [-0.05, 0) is 33.0 Å². The Balaban J connectivity index is 1.92. The van der Waals surface area contributed by atoms with Gasteiger partial charge in [0.15, 0.2) is 0 Å². The third kappa shape index (κ3) is 4.88. The zero-order valence-electron chi connectivity index (χ0n) is 13.6. The number of rotatable bonds is 6. The van der Waals surface area contributed by atoms with Crippen LogP contribution < -0.4 is 10.2 Å². The molecular weight excluding hydrogens is 298 g/mol. The van der Waals surface area contributed by atoms with Gasteiger partial charge in [0.05, 0.1) is 10.8 Å². The van der Waals surface area contributed by atoms with Crippen LogP contribution in [-0.2, 0) is 4.79 Å². The number of hydrogen-bond donors (Lipinski definition) is 1. The Bertz CT molecular complexity index is 547. The van der Waals surface area contributed by atoms with Crippen LogP contribution >= 0.6 is 0 Å². The normalized spacial score (nSPS) is 18.0. The summed E-state index contributed by atoms with van der Waals surface area (Å²) in [4.78, 5) is 30.6. The van der Waals surface area contributed by atoms with E-state index in [0.717, 1.165) is 25.9 Å². The fraction of sp³-hybridized carbons (Fsp3) is 0.600. The summed E-state index contributed by atoms with van der Waals surface area (Å²) in [5, 5.41) is 13.6. The average molecular weight is 321 g/mol. The highest BCUT2D eigenvalue weighted by Crippen LogP contribution is 2.23. The molecule has 0 spiro atoms. The van der Waals surface area contributed by atoms with Crippen LogP contribution in [0.5, 0.6) is 0 Å². The van der Waals surface area contributed by atoms with Crippen LogP contribution in [0.3, 0.4) is 0 Å². The van der Waals surface area contributed by atoms with Gasteiger partial charge in [0, 0.05) is 32.2 Å². The molecule has 1 aromatic heterocycles. The molecule has 0 bridgehead atoms. The molecule has 1 aromatic rings. The number of aromatic nitrogens is 1. The second kappa shape index (κ2) is 7.87. The van der Waals surface area contributed by atoms with Gasteiger partial charge in [-0.25, -0.2) is 4.98 Å². The van der Waals surface area contributed by atoms with E-state index in [-0.39, 0.29) is 17.5 Å². The molecule has 8 nitrogen and oxygen atoms in total. The third-order valence-corrected chi connectivity index (χ3v) is 3.92. The van der Waals surface area contributed by atoms with Gasteiger partial charge < -0.3 is 15.1 Å². The molecule has 1 aliphatic heterocycles. The molecule has 1 aliphatic rings. The van der Waals surface area contributed by atoms with E-state index in [4.69, 9.17) is 0 Å². The van der Waals surface area contributed by atoms with Crippen LogP contribution in [0.15, 0.2) is 18.3 Å². The molecule has 1 N–H and O–H groups in total. The van der Waals surface area contributed by atoms with E-state index in [0.29, 0.717) is 18.9 Å². The largest absolute Gasteiger partial charge is 0.356 e. The molecular formula is C15H23N5O3. The molecule has 0 aliphatic carbocycles. The van der Waals surface area contributed by atoms with Gasteiger partial charge in [-0.2, -0.15) is 0 Å². The van der Waals surface area contributed by atoms with Crippen molar-refractivity contribution in [1.82, 2.24) is 15.2 Å². The summed E-state index contributed by atoms with van der Waals surface area (Å²) in [6, 6.07) is 3.09. The quantitative estimate of drug-likeness (QED) is 0.618. The summed E-state index contributed by atoms with van der Waals surface area (Å²) < 4.78 is 0. The fourth-order valence-corrected chi connectivity index (χ4v) is 2.62. The van der Waals surface area contributed by atoms with E-state index in [1.54, 1.807) is 6.07 Å². The van der Waals surface area contributed by atoms with Gasteiger partial charge in [0.25, 0.3) is 5.69 Å². The minimum Gasteiger partial charge on any atom is -0.356 e. The number of amides is 1. The minimum absolute atomic E-state index is 0.0243. The van der Waals surface area contributed by atoms with Gasteiger partial charge in [-0.15, -0.1) is 0 Å². The highest BCUT2D eigenvalue weighted by Gasteiger charge is 2.26. The van der Waals surface area contributed by atoms with E-state index >= 15 is 0 Å². The smallest absolute Gasteiger partial charge is 0.287 e. The average Bonchev–Trinajstić information content (AvgIpc) is 2.54. The van der Waals surface area contributed by atoms with E-state index < -0.39 is 4.92 Å². The number of pyridine rings is 1. The maximum atomic E-state index is 12.2. The number of carbonyl (C=O) groups excluding carboxylic acids is 1. The molecule has 23 heavy (non-hydrogen) atoms. The van der Waals surface area contributed by atoms with Gasteiger partial charge in [0.2, 0.25) is 5.91 Å². The molecule has 0 radical (unpaired) electrons. The number of carbonyl (C=O) groups is 1. The van der Waals surface area contributed by atoms with Gasteiger partial charge in [0.1, 0.15) is 12.0 Å². The maximum absolute atomic E-state index is 12.2. The molecule has 126 valence electrons. The topological polar surface area (TPSA) is 91.6 Å². The van der Waals surface area contributed by atoms with Crippen LogP contribution in [0.25, 0.3) is 0 Å². The monoisotopic (exact) mass is 321 g/mol. The first kappa shape index (κ1) is 17.1. The SMILES string of the molecule is CN(C)CCNC(=O)[C@@H]1CCCN(c2ccc([N+](=O)[O-])cn2)C1. The highest BCUT2D eigenvalue weighted by molar-refractivity contribution is 5.79. The van der Waals surface area contributed by atoms with E-state index in [2.05, 4.69) is 10.3 Å². The van der Waals surface area contributed by atoms with Crippen molar-refractivity contribution in [1.29, 1.82) is 0 Å². The van der Waals surface area contributed by atoms with Gasteiger partial charge in [-0.3, -0.25) is 14.9 Å². The summed E-state index contributed by atoms with van der Waals surface area (Å²) in [6.07, 6.45) is 3.03. The van der Waals surface area contributed by atoms with Crippen LogP contribution in [-0.4, -0.2) is 61.0 Å². The Morgan fingerprint density at radius 2 is 2.30 bits per heavy atom. The molecule has 8 heteroatoms. The van der Waals surface area contributed by atoms with Crippen molar-refractivity contribution in [2.24, 2.45) is 5.92 Å². The van der Waals surface area contributed by atoms with Crippen molar-refractivity contribution in [3.63, 3.8) is 0 Å². The van der Waals surface area contributed by atoms with Crippen molar-refractivity contribution in [3.8, 4) is 0 Å². The second-order valence-electron chi connectivity index (χ2n) is 6.01. The second-order valence-corrected chi connectivity index (χ2v) is 6.01.